The predicted molar refractivity (Wildman–Crippen MR) is 161 cm³/mol. The van der Waals surface area contributed by atoms with Crippen molar-refractivity contribution < 1.29 is 57.6 Å². The van der Waals surface area contributed by atoms with Gasteiger partial charge in [-0.05, 0) is 42.7 Å². The maximum absolute atomic E-state index is 14.8. The topological polar surface area (TPSA) is 176 Å². The fourth-order valence-corrected chi connectivity index (χ4v) is 11.0. The van der Waals surface area contributed by atoms with Crippen molar-refractivity contribution in [1.29, 1.82) is 0 Å². The minimum Gasteiger partial charge on any atom is -0.472 e. The number of Topliss-reactive ketones (excluding diaryl/α,β-unsaturated/α-hetero) is 2. The summed E-state index contributed by atoms with van der Waals surface area (Å²) >= 11 is 0. The van der Waals surface area contributed by atoms with E-state index in [4.69, 9.17) is 23.4 Å². The highest BCUT2D eigenvalue weighted by atomic mass is 16.7. The number of carbonyl (C=O) groups excluding carboxylic acids is 5. The molecule has 14 atom stereocenters. The number of ketones is 2. The van der Waals surface area contributed by atoms with E-state index in [0.717, 1.165) is 12.5 Å². The molecule has 2 N–H and O–H groups in total. The van der Waals surface area contributed by atoms with E-state index in [1.165, 1.54) is 13.2 Å². The Kier molecular flexibility index (Phi) is 8.08. The molecule has 6 rings (SSSR count). The van der Waals surface area contributed by atoms with Crippen LogP contribution in [0.25, 0.3) is 0 Å². The van der Waals surface area contributed by atoms with Gasteiger partial charge in [-0.15, -0.1) is 0 Å². The Balaban J connectivity index is 1.54. The molecular formula is C35H46O12. The van der Waals surface area contributed by atoms with Crippen LogP contribution in [0, 0.1) is 45.3 Å². The fourth-order valence-electron chi connectivity index (χ4n) is 11.0. The predicted octanol–water partition coefficient (Wildman–Crippen LogP) is 3.11. The summed E-state index contributed by atoms with van der Waals surface area (Å²) in [6.07, 6.45) is -3.28. The van der Waals surface area contributed by atoms with Gasteiger partial charge in [0, 0.05) is 55.3 Å². The summed E-state index contributed by atoms with van der Waals surface area (Å²) in [5, 5.41) is 24.7. The van der Waals surface area contributed by atoms with Crippen LogP contribution in [0.5, 0.6) is 0 Å². The number of carbonyl (C=O) groups is 5. The van der Waals surface area contributed by atoms with Gasteiger partial charge in [0.2, 0.25) is 6.29 Å². The van der Waals surface area contributed by atoms with Gasteiger partial charge < -0.3 is 33.6 Å². The molecule has 1 aromatic rings. The average molecular weight is 659 g/mol. The maximum Gasteiger partial charge on any atom is 0.310 e. The lowest BCUT2D eigenvalue weighted by Crippen LogP contribution is -2.82. The van der Waals surface area contributed by atoms with Crippen molar-refractivity contribution in [2.45, 2.75) is 111 Å². The molecule has 4 aliphatic carbocycles. The zero-order valence-corrected chi connectivity index (χ0v) is 28.0. The normalized spacial score (nSPS) is 46.0. The van der Waals surface area contributed by atoms with Gasteiger partial charge in [0.1, 0.15) is 17.7 Å². The molecule has 2 bridgehead atoms. The standard InChI is InChI=1S/C35H46O12/c1-8-16(2)30(42)47-31-33(6)23-12-24(40)34(7)26-21(38)11-20(19-9-10-43-14-19)32(26,5)13-22(39)27(34)35(23,15-44-31)28(41)25(45-17(3)36)29(33)46-18(4)37/h9-10,14,16,20,23-29,31,40-41H,8,11-13,15H2,1-7H3/t16-,20+,23+,24-,25-,26-,27+,28+,29-,31-,32+,33-,34+,35+/m1/s1. The van der Waals surface area contributed by atoms with Gasteiger partial charge in [-0.1, -0.05) is 27.7 Å². The van der Waals surface area contributed by atoms with Crippen molar-refractivity contribution in [3.8, 4) is 0 Å². The summed E-state index contributed by atoms with van der Waals surface area (Å²) in [7, 11) is 0. The molecule has 1 saturated heterocycles. The first-order chi connectivity index (χ1) is 22.0. The number of ether oxygens (including phenoxy) is 4. The molecule has 0 radical (unpaired) electrons. The first kappa shape index (κ1) is 33.8. The highest BCUT2D eigenvalue weighted by Gasteiger charge is 2.82. The van der Waals surface area contributed by atoms with Crippen molar-refractivity contribution in [1.82, 2.24) is 0 Å². The highest BCUT2D eigenvalue weighted by Crippen LogP contribution is 2.75. The van der Waals surface area contributed by atoms with E-state index in [9.17, 15) is 34.2 Å². The van der Waals surface area contributed by atoms with Crippen molar-refractivity contribution in [3.63, 3.8) is 0 Å². The van der Waals surface area contributed by atoms with Crippen LogP contribution in [0.15, 0.2) is 23.0 Å². The van der Waals surface area contributed by atoms with Crippen molar-refractivity contribution in [3.05, 3.63) is 24.2 Å². The minimum atomic E-state index is -1.61. The molecule has 0 spiro atoms. The van der Waals surface area contributed by atoms with Gasteiger partial charge in [0.15, 0.2) is 12.2 Å². The Morgan fingerprint density at radius 1 is 1.00 bits per heavy atom. The van der Waals surface area contributed by atoms with E-state index in [2.05, 4.69) is 0 Å². The van der Waals surface area contributed by atoms with Gasteiger partial charge in [0.25, 0.3) is 0 Å². The second-order valence-electron chi connectivity index (χ2n) is 15.4. The Morgan fingerprint density at radius 3 is 2.28 bits per heavy atom. The third-order valence-electron chi connectivity index (χ3n) is 13.0. The number of hydrogen-bond donors (Lipinski definition) is 2. The van der Waals surface area contributed by atoms with E-state index in [0.29, 0.717) is 6.42 Å². The molecule has 0 amide bonds. The third kappa shape index (κ3) is 4.46. The third-order valence-corrected chi connectivity index (χ3v) is 13.0. The lowest BCUT2D eigenvalue weighted by Gasteiger charge is -2.73. The SMILES string of the molecule is CC[C@@H](C)C(=O)O[C@H]1OC[C@]23[C@@H](O)[C@@H](OC(C)=O)[C@@H](OC(C)=O)[C@@]1(C)[C@@H]2C[C@@H](O)[C@@]1(C)[C@@H]2C(=O)C[C@@H](c4ccoc4)[C@]2(C)CC(=O)[C@@H]13. The smallest absolute Gasteiger partial charge is 0.310 e. The highest BCUT2D eigenvalue weighted by molar-refractivity contribution is 5.94. The van der Waals surface area contributed by atoms with Crippen LogP contribution >= 0.6 is 0 Å². The Morgan fingerprint density at radius 2 is 1.68 bits per heavy atom. The Hall–Kier alpha value is -3.09. The monoisotopic (exact) mass is 658 g/mol. The lowest BCUT2D eigenvalue weighted by molar-refractivity contribution is -0.387. The van der Waals surface area contributed by atoms with Gasteiger partial charge in [-0.25, -0.2) is 0 Å². The van der Waals surface area contributed by atoms with Crippen LogP contribution in [0.1, 0.15) is 85.6 Å². The fraction of sp³-hybridized carbons (Fsp3) is 0.743. The molecule has 1 aromatic heterocycles. The molecular weight excluding hydrogens is 612 g/mol. The van der Waals surface area contributed by atoms with E-state index in [1.54, 1.807) is 33.1 Å². The quantitative estimate of drug-likeness (QED) is 0.338. The van der Waals surface area contributed by atoms with Crippen molar-refractivity contribution in [2.75, 3.05) is 6.61 Å². The summed E-state index contributed by atoms with van der Waals surface area (Å²) in [6, 6.07) is 1.79. The number of hydrogen-bond acceptors (Lipinski definition) is 12. The first-order valence-electron chi connectivity index (χ1n) is 16.6. The van der Waals surface area contributed by atoms with Crippen LogP contribution in [-0.2, 0) is 42.9 Å². The van der Waals surface area contributed by atoms with Crippen molar-refractivity contribution in [2.24, 2.45) is 45.3 Å². The molecule has 5 fully saturated rings. The zero-order chi connectivity index (χ0) is 34.4. The molecule has 2 heterocycles. The minimum absolute atomic E-state index is 0.0117. The van der Waals surface area contributed by atoms with Gasteiger partial charge in [0.05, 0.1) is 36.6 Å². The molecule has 12 nitrogen and oxygen atoms in total. The van der Waals surface area contributed by atoms with E-state index in [1.807, 2.05) is 13.8 Å². The zero-order valence-electron chi connectivity index (χ0n) is 28.0. The number of furan rings is 1. The van der Waals surface area contributed by atoms with E-state index >= 15 is 0 Å². The maximum atomic E-state index is 14.8. The van der Waals surface area contributed by atoms with E-state index in [-0.39, 0.29) is 43.4 Å². The second kappa shape index (κ2) is 11.2. The molecule has 258 valence electrons. The number of aliphatic hydroxyl groups excluding tert-OH is 2. The lowest BCUT2D eigenvalue weighted by atomic mass is 9.33. The summed E-state index contributed by atoms with van der Waals surface area (Å²) < 4.78 is 29.2. The van der Waals surface area contributed by atoms with Crippen molar-refractivity contribution >= 4 is 29.5 Å². The number of esters is 3. The molecule has 0 aromatic carbocycles. The van der Waals surface area contributed by atoms with Crippen LogP contribution in [0.2, 0.25) is 0 Å². The van der Waals surface area contributed by atoms with Gasteiger partial charge in [-0.3, -0.25) is 24.0 Å². The number of aliphatic hydroxyl groups is 2. The molecule has 12 heteroatoms. The summed E-state index contributed by atoms with van der Waals surface area (Å²) in [5.74, 6) is -5.93. The first-order valence-corrected chi connectivity index (χ1v) is 16.6. The summed E-state index contributed by atoms with van der Waals surface area (Å²) in [6.45, 7) is 10.9. The molecule has 1 aliphatic heterocycles. The molecule has 0 unspecified atom stereocenters. The van der Waals surface area contributed by atoms with Gasteiger partial charge >= 0.3 is 17.9 Å². The van der Waals surface area contributed by atoms with Gasteiger partial charge in [-0.2, -0.15) is 0 Å². The molecule has 5 aliphatic rings. The van der Waals surface area contributed by atoms with E-state index < -0.39 is 93.9 Å². The number of fused-ring (bicyclic) bond motifs is 3. The van der Waals surface area contributed by atoms with Crippen LogP contribution in [0.3, 0.4) is 0 Å². The van der Waals surface area contributed by atoms with Crippen LogP contribution in [-0.4, -0.2) is 77.0 Å². The second-order valence-corrected chi connectivity index (χ2v) is 15.4. The Labute approximate surface area is 273 Å². The Bertz CT molecular complexity index is 1470. The average Bonchev–Trinajstić information content (AvgIpc) is 3.61. The van der Waals surface area contributed by atoms with Crippen LogP contribution in [0.4, 0.5) is 0 Å². The summed E-state index contributed by atoms with van der Waals surface area (Å²) in [4.78, 5) is 67.3. The summed E-state index contributed by atoms with van der Waals surface area (Å²) in [5.41, 5.74) is -4.40. The largest absolute Gasteiger partial charge is 0.472 e. The number of rotatable bonds is 6. The molecule has 4 saturated carbocycles. The van der Waals surface area contributed by atoms with Crippen LogP contribution < -0.4 is 0 Å². The molecule has 47 heavy (non-hydrogen) atoms.